The Hall–Kier alpha value is -2.83. The lowest BCUT2D eigenvalue weighted by Crippen LogP contribution is -1.91. The average Bonchev–Trinajstić information content (AvgIpc) is 2.74. The van der Waals surface area contributed by atoms with Crippen LogP contribution in [0.4, 0.5) is 0 Å². The van der Waals surface area contributed by atoms with Crippen LogP contribution in [0.5, 0.6) is 5.75 Å². The third-order valence-electron chi connectivity index (χ3n) is 1.71. The molecule has 7 heteroatoms. The molecule has 1 aromatic heterocycles. The summed E-state index contributed by atoms with van der Waals surface area (Å²) in [6.45, 7) is 0. The maximum atomic E-state index is 9.55. The largest absolute Gasteiger partial charge is 0.508 e. The van der Waals surface area contributed by atoms with Gasteiger partial charge >= 0.3 is 11.9 Å². The molecule has 0 unspecified atom stereocenters. The summed E-state index contributed by atoms with van der Waals surface area (Å²) in [6.07, 6.45) is 2.72. The van der Waals surface area contributed by atoms with Crippen LogP contribution in [0.2, 0.25) is 0 Å². The van der Waals surface area contributed by atoms with E-state index in [1.54, 1.807) is 18.3 Å². The highest BCUT2D eigenvalue weighted by Crippen LogP contribution is 2.18. The minimum atomic E-state index is -1.26. The van der Waals surface area contributed by atoms with Gasteiger partial charge < -0.3 is 19.8 Å². The molecule has 94 valence electrons. The van der Waals surface area contributed by atoms with Crippen molar-refractivity contribution >= 4 is 22.9 Å². The molecule has 0 atom stereocenters. The van der Waals surface area contributed by atoms with Gasteiger partial charge in [-0.25, -0.2) is 9.59 Å². The number of hydrogen-bond donors (Lipinski definition) is 3. The van der Waals surface area contributed by atoms with Crippen LogP contribution in [0.15, 0.2) is 41.1 Å². The van der Waals surface area contributed by atoms with Crippen LogP contribution in [0.25, 0.3) is 11.0 Å². The van der Waals surface area contributed by atoms with Crippen LogP contribution in [0, 0.1) is 0 Å². The molecular formula is C11H9NO6. The Bertz CT molecular complexity index is 570. The number of aromatic nitrogens is 1. The molecule has 18 heavy (non-hydrogen) atoms. The number of phenolic OH excluding ortho intramolecular Hbond substituents is 1. The summed E-state index contributed by atoms with van der Waals surface area (Å²) >= 11 is 0. The van der Waals surface area contributed by atoms with E-state index in [0.717, 1.165) is 5.39 Å². The molecule has 1 heterocycles. The van der Waals surface area contributed by atoms with Gasteiger partial charge in [0.1, 0.15) is 5.75 Å². The molecule has 0 amide bonds. The minimum absolute atomic E-state index is 0.198. The Labute approximate surface area is 101 Å². The van der Waals surface area contributed by atoms with E-state index in [1.807, 2.05) is 0 Å². The zero-order valence-electron chi connectivity index (χ0n) is 8.98. The van der Waals surface area contributed by atoms with Gasteiger partial charge in [0.25, 0.3) is 0 Å². The molecule has 0 aliphatic heterocycles. The third kappa shape index (κ3) is 4.35. The summed E-state index contributed by atoms with van der Waals surface area (Å²) in [5, 5.41) is 29.0. The molecule has 2 aromatic rings. The molecular weight excluding hydrogens is 242 g/mol. The Morgan fingerprint density at radius 1 is 1.17 bits per heavy atom. The molecule has 0 spiro atoms. The van der Waals surface area contributed by atoms with Crippen LogP contribution < -0.4 is 0 Å². The van der Waals surface area contributed by atoms with E-state index >= 15 is 0 Å². The second kappa shape index (κ2) is 6.04. The van der Waals surface area contributed by atoms with E-state index in [2.05, 4.69) is 5.16 Å². The van der Waals surface area contributed by atoms with Crippen LogP contribution in [0.3, 0.4) is 0 Å². The predicted octanol–water partition coefficient (Wildman–Crippen LogP) is 1.25. The molecule has 3 N–H and O–H groups in total. The van der Waals surface area contributed by atoms with Crippen molar-refractivity contribution in [2.24, 2.45) is 0 Å². The van der Waals surface area contributed by atoms with Gasteiger partial charge in [-0.3, -0.25) is 0 Å². The molecule has 0 saturated heterocycles. The summed E-state index contributed by atoms with van der Waals surface area (Å²) in [4.78, 5) is 19.1. The van der Waals surface area contributed by atoms with Gasteiger partial charge in [0.15, 0.2) is 5.58 Å². The molecule has 0 fully saturated rings. The van der Waals surface area contributed by atoms with Crippen molar-refractivity contribution in [1.29, 1.82) is 0 Å². The molecule has 0 aliphatic carbocycles. The summed E-state index contributed by atoms with van der Waals surface area (Å²) in [5.41, 5.74) is 0.611. The smallest absolute Gasteiger partial charge is 0.328 e. The SMILES string of the molecule is O=C(O)/C=C\C(=O)O.Oc1ccc2cnoc2c1. The number of phenols is 1. The predicted molar refractivity (Wildman–Crippen MR) is 60.1 cm³/mol. The normalized spacial score (nSPS) is 10.0. The van der Waals surface area contributed by atoms with E-state index < -0.39 is 11.9 Å². The number of hydrogen-bond acceptors (Lipinski definition) is 5. The zero-order valence-corrected chi connectivity index (χ0v) is 8.98. The highest BCUT2D eigenvalue weighted by atomic mass is 16.5. The molecule has 0 saturated carbocycles. The molecule has 2 rings (SSSR count). The summed E-state index contributed by atoms with van der Waals surface area (Å²) in [6, 6.07) is 4.88. The summed E-state index contributed by atoms with van der Waals surface area (Å²) < 4.78 is 4.79. The highest BCUT2D eigenvalue weighted by Gasteiger charge is 1.96. The monoisotopic (exact) mass is 251 g/mol. The first-order valence-electron chi connectivity index (χ1n) is 4.66. The third-order valence-corrected chi connectivity index (χ3v) is 1.71. The lowest BCUT2D eigenvalue weighted by molar-refractivity contribution is -0.134. The minimum Gasteiger partial charge on any atom is -0.508 e. The fourth-order valence-corrected chi connectivity index (χ4v) is 0.991. The molecule has 0 bridgehead atoms. The van der Waals surface area contributed by atoms with Crippen LogP contribution >= 0.6 is 0 Å². The lowest BCUT2D eigenvalue weighted by Gasteiger charge is -1.86. The first-order valence-corrected chi connectivity index (χ1v) is 4.66. The molecule has 7 nitrogen and oxygen atoms in total. The first kappa shape index (κ1) is 13.2. The van der Waals surface area contributed by atoms with Crippen molar-refractivity contribution in [3.8, 4) is 5.75 Å². The van der Waals surface area contributed by atoms with Crippen LogP contribution in [-0.2, 0) is 9.59 Å². The number of carbonyl (C=O) groups is 2. The van der Waals surface area contributed by atoms with Gasteiger partial charge in [-0.15, -0.1) is 0 Å². The standard InChI is InChI=1S/C7H5NO2.C4H4O4/c9-6-2-1-5-4-8-10-7(5)3-6;5-3(6)1-2-4(7)8/h1-4,9H;1-2H,(H,5,6)(H,7,8)/b;2-1-. The lowest BCUT2D eigenvalue weighted by atomic mass is 10.2. The van der Waals surface area contributed by atoms with Crippen molar-refractivity contribution in [2.45, 2.75) is 0 Å². The van der Waals surface area contributed by atoms with Crippen molar-refractivity contribution in [3.05, 3.63) is 36.5 Å². The van der Waals surface area contributed by atoms with E-state index in [0.29, 0.717) is 17.7 Å². The molecule has 0 radical (unpaired) electrons. The molecule has 1 aromatic carbocycles. The Balaban J connectivity index is 0.000000187. The van der Waals surface area contributed by atoms with E-state index in [4.69, 9.17) is 19.8 Å². The van der Waals surface area contributed by atoms with Crippen molar-refractivity contribution in [3.63, 3.8) is 0 Å². The van der Waals surface area contributed by atoms with E-state index in [-0.39, 0.29) is 5.75 Å². The number of aromatic hydroxyl groups is 1. The van der Waals surface area contributed by atoms with Crippen LogP contribution in [-0.4, -0.2) is 32.4 Å². The number of nitrogens with zero attached hydrogens (tertiary/aromatic N) is 1. The molecule has 0 aliphatic rings. The van der Waals surface area contributed by atoms with Crippen molar-refractivity contribution in [1.82, 2.24) is 5.16 Å². The number of aliphatic carboxylic acids is 2. The Morgan fingerprint density at radius 3 is 2.33 bits per heavy atom. The topological polar surface area (TPSA) is 121 Å². The number of rotatable bonds is 2. The number of carboxylic acids is 2. The fraction of sp³-hybridized carbons (Fsp3) is 0. The van der Waals surface area contributed by atoms with Gasteiger partial charge in [0.05, 0.1) is 6.20 Å². The second-order valence-electron chi connectivity index (χ2n) is 3.06. The van der Waals surface area contributed by atoms with Crippen molar-refractivity contribution in [2.75, 3.05) is 0 Å². The van der Waals surface area contributed by atoms with Gasteiger partial charge in [0, 0.05) is 23.6 Å². The number of benzene rings is 1. The average molecular weight is 251 g/mol. The van der Waals surface area contributed by atoms with E-state index in [9.17, 15) is 9.59 Å². The zero-order chi connectivity index (χ0) is 13.5. The maximum absolute atomic E-state index is 9.55. The first-order chi connectivity index (χ1) is 8.49. The number of fused-ring (bicyclic) bond motifs is 1. The Morgan fingerprint density at radius 2 is 1.78 bits per heavy atom. The fourth-order valence-electron chi connectivity index (χ4n) is 0.991. The summed E-state index contributed by atoms with van der Waals surface area (Å²) in [7, 11) is 0. The van der Waals surface area contributed by atoms with Gasteiger partial charge in [0.2, 0.25) is 0 Å². The Kier molecular flexibility index (Phi) is 4.44. The summed E-state index contributed by atoms with van der Waals surface area (Å²) in [5.74, 6) is -2.32. The highest BCUT2D eigenvalue weighted by molar-refractivity contribution is 5.89. The van der Waals surface area contributed by atoms with Gasteiger partial charge in [-0.2, -0.15) is 0 Å². The van der Waals surface area contributed by atoms with Crippen LogP contribution in [0.1, 0.15) is 0 Å². The van der Waals surface area contributed by atoms with Gasteiger partial charge in [-0.1, -0.05) is 5.16 Å². The number of carboxylic acid groups (broad SMARTS) is 2. The van der Waals surface area contributed by atoms with Gasteiger partial charge in [-0.05, 0) is 12.1 Å². The van der Waals surface area contributed by atoms with Crippen molar-refractivity contribution < 1.29 is 29.4 Å². The second-order valence-corrected chi connectivity index (χ2v) is 3.06. The quantitative estimate of drug-likeness (QED) is 0.686. The maximum Gasteiger partial charge on any atom is 0.328 e. The van der Waals surface area contributed by atoms with E-state index in [1.165, 1.54) is 6.07 Å².